The lowest BCUT2D eigenvalue weighted by Crippen LogP contribution is -2.25. The summed E-state index contributed by atoms with van der Waals surface area (Å²) >= 11 is 5.33. The molecule has 2 heterocycles. The minimum Gasteiger partial charge on any atom is -0.423 e. The van der Waals surface area contributed by atoms with Gasteiger partial charge >= 0.3 is 5.97 Å². The van der Waals surface area contributed by atoms with Gasteiger partial charge in [-0.25, -0.2) is 4.79 Å². The SMILES string of the molecule is O=C1CNc2cc(NC(=S)c3ccncc3)ccc2O1. The molecule has 0 unspecified atom stereocenters. The lowest BCUT2D eigenvalue weighted by molar-refractivity contribution is -0.132. The van der Waals surface area contributed by atoms with Gasteiger partial charge in [0.15, 0.2) is 5.75 Å². The number of thiocarbonyl (C=S) groups is 1. The summed E-state index contributed by atoms with van der Waals surface area (Å²) < 4.78 is 5.11. The number of aromatic nitrogens is 1. The number of benzene rings is 1. The third kappa shape index (κ3) is 2.60. The minimum absolute atomic E-state index is 0.172. The van der Waals surface area contributed by atoms with Gasteiger partial charge in [-0.15, -0.1) is 0 Å². The van der Waals surface area contributed by atoms with E-state index in [1.54, 1.807) is 18.5 Å². The second-order valence-corrected chi connectivity index (χ2v) is 4.64. The summed E-state index contributed by atoms with van der Waals surface area (Å²) in [4.78, 5) is 15.7. The van der Waals surface area contributed by atoms with Gasteiger partial charge in [0, 0.05) is 23.6 Å². The molecule has 2 N–H and O–H groups in total. The molecule has 2 aromatic rings. The maximum Gasteiger partial charge on any atom is 0.330 e. The number of carbonyl (C=O) groups excluding carboxylic acids is 1. The molecule has 1 aliphatic heterocycles. The van der Waals surface area contributed by atoms with Crippen LogP contribution < -0.4 is 15.4 Å². The molecule has 1 aromatic carbocycles. The summed E-state index contributed by atoms with van der Waals surface area (Å²) in [5.41, 5.74) is 2.50. The van der Waals surface area contributed by atoms with Crippen molar-refractivity contribution in [3.05, 3.63) is 48.3 Å². The molecule has 5 nitrogen and oxygen atoms in total. The Balaban J connectivity index is 1.79. The summed E-state index contributed by atoms with van der Waals surface area (Å²) in [6, 6.07) is 9.08. The highest BCUT2D eigenvalue weighted by Gasteiger charge is 2.16. The first-order valence-electron chi connectivity index (χ1n) is 6.02. The van der Waals surface area contributed by atoms with E-state index in [2.05, 4.69) is 15.6 Å². The third-order valence-corrected chi connectivity index (χ3v) is 3.16. The number of rotatable bonds is 2. The van der Waals surface area contributed by atoms with Gasteiger partial charge in [0.05, 0.1) is 5.69 Å². The van der Waals surface area contributed by atoms with E-state index < -0.39 is 0 Å². The Labute approximate surface area is 121 Å². The Hall–Kier alpha value is -2.47. The third-order valence-electron chi connectivity index (χ3n) is 2.83. The van der Waals surface area contributed by atoms with Crippen LogP contribution in [0.2, 0.25) is 0 Å². The minimum atomic E-state index is -0.287. The van der Waals surface area contributed by atoms with Crippen molar-refractivity contribution in [1.29, 1.82) is 0 Å². The number of esters is 1. The molecule has 0 atom stereocenters. The molecule has 100 valence electrons. The fourth-order valence-electron chi connectivity index (χ4n) is 1.87. The molecule has 3 rings (SSSR count). The molecule has 0 bridgehead atoms. The van der Waals surface area contributed by atoms with E-state index in [0.717, 1.165) is 16.9 Å². The number of nitrogens with zero attached hydrogens (tertiary/aromatic N) is 1. The zero-order chi connectivity index (χ0) is 13.9. The van der Waals surface area contributed by atoms with Gasteiger partial charge in [-0.2, -0.15) is 0 Å². The number of pyridine rings is 1. The highest BCUT2D eigenvalue weighted by atomic mass is 32.1. The average molecular weight is 285 g/mol. The highest BCUT2D eigenvalue weighted by Crippen LogP contribution is 2.30. The van der Waals surface area contributed by atoms with Crippen LogP contribution in [0, 0.1) is 0 Å². The zero-order valence-corrected chi connectivity index (χ0v) is 11.2. The molecule has 0 spiro atoms. The number of ether oxygens (including phenoxy) is 1. The maximum absolute atomic E-state index is 11.1. The van der Waals surface area contributed by atoms with Crippen LogP contribution in [-0.4, -0.2) is 22.5 Å². The van der Waals surface area contributed by atoms with Gasteiger partial charge in [0.2, 0.25) is 0 Å². The van der Waals surface area contributed by atoms with Crippen molar-refractivity contribution in [3.8, 4) is 5.75 Å². The molecule has 0 amide bonds. The van der Waals surface area contributed by atoms with Crippen molar-refractivity contribution < 1.29 is 9.53 Å². The molecule has 0 saturated heterocycles. The van der Waals surface area contributed by atoms with Crippen molar-refractivity contribution in [3.63, 3.8) is 0 Å². The van der Waals surface area contributed by atoms with Crippen molar-refractivity contribution in [2.24, 2.45) is 0 Å². The van der Waals surface area contributed by atoms with E-state index in [-0.39, 0.29) is 12.5 Å². The lowest BCUT2D eigenvalue weighted by Gasteiger charge is -2.18. The number of hydrogen-bond donors (Lipinski definition) is 2. The fraction of sp³-hybridized carbons (Fsp3) is 0.0714. The quantitative estimate of drug-likeness (QED) is 0.501. The van der Waals surface area contributed by atoms with E-state index >= 15 is 0 Å². The summed E-state index contributed by atoms with van der Waals surface area (Å²) in [6.45, 7) is 0.172. The van der Waals surface area contributed by atoms with Gasteiger partial charge in [-0.05, 0) is 30.3 Å². The van der Waals surface area contributed by atoms with Crippen LogP contribution in [0.3, 0.4) is 0 Å². The van der Waals surface area contributed by atoms with Crippen molar-refractivity contribution in [2.75, 3.05) is 17.2 Å². The molecular formula is C14H11N3O2S. The van der Waals surface area contributed by atoms with Crippen LogP contribution in [0.1, 0.15) is 5.56 Å². The Morgan fingerprint density at radius 3 is 2.90 bits per heavy atom. The largest absolute Gasteiger partial charge is 0.423 e. The standard InChI is InChI=1S/C14H11N3O2S/c18-13-8-16-11-7-10(1-2-12(11)19-13)17-14(20)9-3-5-15-6-4-9/h1-7,16H,8H2,(H,17,20). The van der Waals surface area contributed by atoms with Gasteiger partial charge in [0.1, 0.15) is 11.5 Å². The summed E-state index contributed by atoms with van der Waals surface area (Å²) in [5, 5.41) is 6.14. The maximum atomic E-state index is 11.1. The first-order chi connectivity index (χ1) is 9.72. The predicted molar refractivity (Wildman–Crippen MR) is 80.1 cm³/mol. The smallest absolute Gasteiger partial charge is 0.330 e. The summed E-state index contributed by atoms with van der Waals surface area (Å²) in [6.07, 6.45) is 3.38. The predicted octanol–water partition coefficient (Wildman–Crippen LogP) is 2.20. The van der Waals surface area contributed by atoms with Gasteiger partial charge in [-0.1, -0.05) is 12.2 Å². The second-order valence-electron chi connectivity index (χ2n) is 4.23. The number of hydrogen-bond acceptors (Lipinski definition) is 5. The molecule has 0 radical (unpaired) electrons. The first kappa shape index (κ1) is 12.6. The molecule has 1 aromatic heterocycles. The normalized spacial score (nSPS) is 12.9. The van der Waals surface area contributed by atoms with Crippen molar-refractivity contribution >= 4 is 34.6 Å². The van der Waals surface area contributed by atoms with Crippen LogP contribution in [0.25, 0.3) is 0 Å². The van der Waals surface area contributed by atoms with Crippen LogP contribution in [0.15, 0.2) is 42.7 Å². The molecule has 0 fully saturated rings. The Morgan fingerprint density at radius 1 is 1.30 bits per heavy atom. The average Bonchev–Trinajstić information content (AvgIpc) is 2.48. The van der Waals surface area contributed by atoms with Crippen molar-refractivity contribution in [1.82, 2.24) is 4.98 Å². The molecule has 20 heavy (non-hydrogen) atoms. The number of carbonyl (C=O) groups is 1. The molecule has 6 heteroatoms. The molecule has 1 aliphatic rings. The number of fused-ring (bicyclic) bond motifs is 1. The van der Waals surface area contributed by atoms with Gasteiger partial charge in [-0.3, -0.25) is 4.98 Å². The Bertz CT molecular complexity index is 673. The lowest BCUT2D eigenvalue weighted by atomic mass is 10.2. The van der Waals surface area contributed by atoms with Gasteiger partial charge < -0.3 is 15.4 Å². The van der Waals surface area contributed by atoms with E-state index in [1.807, 2.05) is 24.3 Å². The highest BCUT2D eigenvalue weighted by molar-refractivity contribution is 7.81. The molecule has 0 saturated carbocycles. The van der Waals surface area contributed by atoms with Gasteiger partial charge in [0.25, 0.3) is 0 Å². The number of nitrogens with one attached hydrogen (secondary N) is 2. The summed E-state index contributed by atoms with van der Waals surface area (Å²) in [5.74, 6) is 0.243. The molecular weight excluding hydrogens is 274 g/mol. The van der Waals surface area contributed by atoms with Crippen molar-refractivity contribution in [2.45, 2.75) is 0 Å². The van der Waals surface area contributed by atoms with E-state index in [4.69, 9.17) is 17.0 Å². The van der Waals surface area contributed by atoms with Crippen LogP contribution in [-0.2, 0) is 4.79 Å². The van der Waals surface area contributed by atoms with E-state index in [1.165, 1.54) is 0 Å². The van der Waals surface area contributed by atoms with Crippen LogP contribution in [0.5, 0.6) is 5.75 Å². The first-order valence-corrected chi connectivity index (χ1v) is 6.43. The zero-order valence-electron chi connectivity index (χ0n) is 10.4. The Kier molecular flexibility index (Phi) is 3.30. The Morgan fingerprint density at radius 2 is 2.10 bits per heavy atom. The topological polar surface area (TPSA) is 63.2 Å². The van der Waals surface area contributed by atoms with E-state index in [9.17, 15) is 4.79 Å². The second kappa shape index (κ2) is 5.26. The van der Waals surface area contributed by atoms with E-state index in [0.29, 0.717) is 10.7 Å². The van der Waals surface area contributed by atoms with Crippen LogP contribution in [0.4, 0.5) is 11.4 Å². The molecule has 0 aliphatic carbocycles. The summed E-state index contributed by atoms with van der Waals surface area (Å²) in [7, 11) is 0. The fourth-order valence-corrected chi connectivity index (χ4v) is 2.12. The monoisotopic (exact) mass is 285 g/mol. The van der Waals surface area contributed by atoms with Crippen LogP contribution >= 0.6 is 12.2 Å². The number of anilines is 2.